The van der Waals surface area contributed by atoms with E-state index in [1.165, 1.54) is 0 Å². The highest BCUT2D eigenvalue weighted by Crippen LogP contribution is 2.03. The first-order valence-electron chi connectivity index (χ1n) is 3.94. The summed E-state index contributed by atoms with van der Waals surface area (Å²) in [4.78, 5) is 4.14. The SMILES string of the molecule is C#CC(CC)NCc1nccs1. The molecular formula is C9H12N2S. The Morgan fingerprint density at radius 2 is 2.67 bits per heavy atom. The van der Waals surface area contributed by atoms with Gasteiger partial charge in [-0.1, -0.05) is 12.8 Å². The maximum atomic E-state index is 5.29. The molecule has 0 saturated heterocycles. The summed E-state index contributed by atoms with van der Waals surface area (Å²) < 4.78 is 0. The number of aromatic nitrogens is 1. The smallest absolute Gasteiger partial charge is 0.106 e. The van der Waals surface area contributed by atoms with E-state index in [0.717, 1.165) is 18.0 Å². The first kappa shape index (κ1) is 9.24. The maximum absolute atomic E-state index is 5.29. The molecule has 1 aromatic rings. The number of thiazole rings is 1. The third-order valence-electron chi connectivity index (χ3n) is 1.59. The zero-order valence-corrected chi connectivity index (χ0v) is 7.90. The van der Waals surface area contributed by atoms with Gasteiger partial charge in [0.2, 0.25) is 0 Å². The largest absolute Gasteiger partial charge is 0.297 e. The van der Waals surface area contributed by atoms with Crippen LogP contribution in [0.25, 0.3) is 0 Å². The molecule has 1 heterocycles. The van der Waals surface area contributed by atoms with Crippen LogP contribution in [0.3, 0.4) is 0 Å². The van der Waals surface area contributed by atoms with Gasteiger partial charge in [-0.15, -0.1) is 17.8 Å². The number of rotatable bonds is 4. The summed E-state index contributed by atoms with van der Waals surface area (Å²) in [6, 6.07) is 0.175. The molecule has 1 unspecified atom stereocenters. The predicted molar refractivity (Wildman–Crippen MR) is 51.9 cm³/mol. The molecule has 0 saturated carbocycles. The quantitative estimate of drug-likeness (QED) is 0.713. The van der Waals surface area contributed by atoms with Crippen molar-refractivity contribution in [3.8, 4) is 12.3 Å². The van der Waals surface area contributed by atoms with E-state index in [4.69, 9.17) is 6.42 Å². The maximum Gasteiger partial charge on any atom is 0.106 e. The van der Waals surface area contributed by atoms with Gasteiger partial charge in [-0.2, -0.15) is 0 Å². The van der Waals surface area contributed by atoms with Gasteiger partial charge in [-0.3, -0.25) is 5.32 Å². The van der Waals surface area contributed by atoms with Crippen molar-refractivity contribution < 1.29 is 0 Å². The fourth-order valence-electron chi connectivity index (χ4n) is 0.872. The van der Waals surface area contributed by atoms with E-state index in [2.05, 4.69) is 23.1 Å². The van der Waals surface area contributed by atoms with Crippen molar-refractivity contribution >= 4 is 11.3 Å². The van der Waals surface area contributed by atoms with Crippen LogP contribution in [0.1, 0.15) is 18.4 Å². The molecule has 0 aromatic carbocycles. The van der Waals surface area contributed by atoms with Gasteiger partial charge in [0.15, 0.2) is 0 Å². The Kier molecular flexibility index (Phi) is 3.78. The molecule has 0 spiro atoms. The highest BCUT2D eigenvalue weighted by Gasteiger charge is 2.01. The molecule has 0 amide bonds. The average Bonchev–Trinajstić information content (AvgIpc) is 2.59. The summed E-state index contributed by atoms with van der Waals surface area (Å²) in [5, 5.41) is 6.29. The molecule has 1 aromatic heterocycles. The fraction of sp³-hybridized carbons (Fsp3) is 0.444. The van der Waals surface area contributed by atoms with Crippen molar-refractivity contribution in [2.45, 2.75) is 25.9 Å². The van der Waals surface area contributed by atoms with Crippen molar-refractivity contribution in [2.24, 2.45) is 0 Å². The molecule has 3 heteroatoms. The lowest BCUT2D eigenvalue weighted by molar-refractivity contribution is 0.591. The van der Waals surface area contributed by atoms with Crippen LogP contribution in [0.2, 0.25) is 0 Å². The van der Waals surface area contributed by atoms with Crippen LogP contribution in [0, 0.1) is 12.3 Å². The molecule has 0 aliphatic heterocycles. The second-order valence-electron chi connectivity index (χ2n) is 2.43. The number of hydrogen-bond donors (Lipinski definition) is 1. The van der Waals surface area contributed by atoms with Crippen LogP contribution >= 0.6 is 11.3 Å². The Labute approximate surface area is 77.0 Å². The summed E-state index contributed by atoms with van der Waals surface area (Å²) >= 11 is 1.64. The molecule has 1 N–H and O–H groups in total. The lowest BCUT2D eigenvalue weighted by atomic mass is 10.2. The zero-order chi connectivity index (χ0) is 8.81. The summed E-state index contributed by atoms with van der Waals surface area (Å²) in [5.74, 6) is 2.68. The van der Waals surface area contributed by atoms with Gasteiger partial charge >= 0.3 is 0 Å². The molecule has 0 aliphatic rings. The Bertz CT molecular complexity index is 248. The van der Waals surface area contributed by atoms with Gasteiger partial charge < -0.3 is 0 Å². The van der Waals surface area contributed by atoms with Crippen molar-refractivity contribution in [3.05, 3.63) is 16.6 Å². The second-order valence-corrected chi connectivity index (χ2v) is 3.41. The average molecular weight is 180 g/mol. The van der Waals surface area contributed by atoms with E-state index in [0.29, 0.717) is 0 Å². The van der Waals surface area contributed by atoms with Crippen molar-refractivity contribution in [1.82, 2.24) is 10.3 Å². The molecule has 1 rings (SSSR count). The normalized spacial score (nSPS) is 12.3. The summed E-state index contributed by atoms with van der Waals surface area (Å²) in [6.45, 7) is 2.85. The molecular weight excluding hydrogens is 168 g/mol. The van der Waals surface area contributed by atoms with Crippen LogP contribution in [-0.2, 0) is 6.54 Å². The number of nitrogens with one attached hydrogen (secondary N) is 1. The third-order valence-corrected chi connectivity index (χ3v) is 2.37. The Morgan fingerprint density at radius 1 is 1.83 bits per heavy atom. The molecule has 64 valence electrons. The molecule has 12 heavy (non-hydrogen) atoms. The first-order valence-corrected chi connectivity index (χ1v) is 4.82. The second kappa shape index (κ2) is 4.91. The zero-order valence-electron chi connectivity index (χ0n) is 7.08. The van der Waals surface area contributed by atoms with E-state index in [-0.39, 0.29) is 6.04 Å². The van der Waals surface area contributed by atoms with E-state index in [1.807, 2.05) is 5.38 Å². The third kappa shape index (κ3) is 2.65. The number of terminal acetylenes is 1. The van der Waals surface area contributed by atoms with Crippen LogP contribution in [0.4, 0.5) is 0 Å². The molecule has 0 radical (unpaired) electrons. The highest BCUT2D eigenvalue weighted by atomic mass is 32.1. The molecule has 0 aliphatic carbocycles. The minimum absolute atomic E-state index is 0.175. The van der Waals surface area contributed by atoms with Gasteiger partial charge in [0.05, 0.1) is 6.04 Å². The van der Waals surface area contributed by atoms with E-state index in [9.17, 15) is 0 Å². The first-order chi connectivity index (χ1) is 5.86. The van der Waals surface area contributed by atoms with Gasteiger partial charge in [-0.25, -0.2) is 4.98 Å². The minimum Gasteiger partial charge on any atom is -0.297 e. The van der Waals surface area contributed by atoms with E-state index in [1.54, 1.807) is 17.5 Å². The van der Waals surface area contributed by atoms with E-state index >= 15 is 0 Å². The lowest BCUT2D eigenvalue weighted by Gasteiger charge is -2.07. The minimum atomic E-state index is 0.175. The van der Waals surface area contributed by atoms with Crippen LogP contribution in [0.15, 0.2) is 11.6 Å². The van der Waals surface area contributed by atoms with Gasteiger partial charge in [-0.05, 0) is 6.42 Å². The summed E-state index contributed by atoms with van der Waals surface area (Å²) in [7, 11) is 0. The Balaban J connectivity index is 2.31. The fourth-order valence-corrected chi connectivity index (χ4v) is 1.44. The van der Waals surface area contributed by atoms with Gasteiger partial charge in [0.1, 0.15) is 5.01 Å². The molecule has 0 bridgehead atoms. The highest BCUT2D eigenvalue weighted by molar-refractivity contribution is 7.09. The summed E-state index contributed by atoms with van der Waals surface area (Å²) in [5.41, 5.74) is 0. The molecule has 1 atom stereocenters. The Hall–Kier alpha value is -0.850. The Morgan fingerprint density at radius 3 is 3.17 bits per heavy atom. The van der Waals surface area contributed by atoms with E-state index < -0.39 is 0 Å². The molecule has 0 fully saturated rings. The van der Waals surface area contributed by atoms with Gasteiger partial charge in [0, 0.05) is 18.1 Å². The lowest BCUT2D eigenvalue weighted by Crippen LogP contribution is -2.25. The summed E-state index contributed by atoms with van der Waals surface area (Å²) in [6.07, 6.45) is 8.06. The predicted octanol–water partition coefficient (Wildman–Crippen LogP) is 1.64. The van der Waals surface area contributed by atoms with Crippen LogP contribution in [0.5, 0.6) is 0 Å². The van der Waals surface area contributed by atoms with Crippen molar-refractivity contribution in [2.75, 3.05) is 0 Å². The topological polar surface area (TPSA) is 24.9 Å². The number of nitrogens with zero attached hydrogens (tertiary/aromatic N) is 1. The van der Waals surface area contributed by atoms with Gasteiger partial charge in [0.25, 0.3) is 0 Å². The van der Waals surface area contributed by atoms with Crippen LogP contribution < -0.4 is 5.32 Å². The van der Waals surface area contributed by atoms with Crippen molar-refractivity contribution in [3.63, 3.8) is 0 Å². The molecule has 2 nitrogen and oxygen atoms in total. The number of hydrogen-bond acceptors (Lipinski definition) is 3. The van der Waals surface area contributed by atoms with Crippen molar-refractivity contribution in [1.29, 1.82) is 0 Å². The monoisotopic (exact) mass is 180 g/mol. The standard InChI is InChI=1S/C9H12N2S/c1-3-8(4-2)11-7-9-10-5-6-12-9/h1,5-6,8,11H,4,7H2,2H3. The van der Waals surface area contributed by atoms with Crippen LogP contribution in [-0.4, -0.2) is 11.0 Å².